The van der Waals surface area contributed by atoms with Gasteiger partial charge in [0.1, 0.15) is 12.1 Å². The molecule has 1 aromatic carbocycles. The van der Waals surface area contributed by atoms with Gasteiger partial charge in [0.05, 0.1) is 23.4 Å². The number of piperidine rings is 1. The maximum absolute atomic E-state index is 13.1. The number of nitrogen functional groups attached to an aromatic ring is 1. The summed E-state index contributed by atoms with van der Waals surface area (Å²) in [7, 11) is 0. The first kappa shape index (κ1) is 20.6. The number of fused-ring (bicyclic) bond motifs is 1. The van der Waals surface area contributed by atoms with Crippen LogP contribution in [-0.2, 0) is 0 Å². The molecule has 5 rings (SSSR count). The van der Waals surface area contributed by atoms with Crippen LogP contribution in [0.4, 0.5) is 16.0 Å². The molecule has 1 saturated heterocycles. The van der Waals surface area contributed by atoms with Gasteiger partial charge in [-0.2, -0.15) is 4.98 Å². The Morgan fingerprint density at radius 2 is 1.97 bits per heavy atom. The van der Waals surface area contributed by atoms with Gasteiger partial charge in [-0.3, -0.25) is 0 Å². The Balaban J connectivity index is 1.16. The van der Waals surface area contributed by atoms with Gasteiger partial charge in [0.2, 0.25) is 0 Å². The Labute approximate surface area is 189 Å². The highest BCUT2D eigenvalue weighted by Gasteiger charge is 2.21. The van der Waals surface area contributed by atoms with Gasteiger partial charge in [0.25, 0.3) is 0 Å². The average molecular weight is 451 g/mol. The molecule has 0 radical (unpaired) electrons. The number of rotatable bonds is 6. The van der Waals surface area contributed by atoms with Crippen molar-refractivity contribution in [2.75, 3.05) is 30.3 Å². The minimum absolute atomic E-state index is 0.121. The van der Waals surface area contributed by atoms with E-state index in [9.17, 15) is 4.39 Å². The number of ether oxygens (including phenoxy) is 1. The Morgan fingerprint density at radius 3 is 2.78 bits per heavy atom. The third-order valence-electron chi connectivity index (χ3n) is 5.78. The molecular weight excluding hydrogens is 427 g/mol. The maximum Gasteiger partial charge on any atom is 0.318 e. The van der Waals surface area contributed by atoms with Crippen molar-refractivity contribution in [1.82, 2.24) is 19.9 Å². The molecule has 3 aromatic heterocycles. The zero-order valence-electron chi connectivity index (χ0n) is 17.4. The van der Waals surface area contributed by atoms with Crippen LogP contribution >= 0.6 is 11.3 Å². The largest absolute Gasteiger partial charge is 0.463 e. The molecule has 0 spiro atoms. The van der Waals surface area contributed by atoms with Crippen LogP contribution in [0, 0.1) is 11.7 Å². The molecule has 7 nitrogen and oxygen atoms in total. The van der Waals surface area contributed by atoms with Crippen LogP contribution in [0.3, 0.4) is 0 Å². The summed E-state index contributed by atoms with van der Waals surface area (Å²) in [4.78, 5) is 20.1. The lowest BCUT2D eigenvalue weighted by Gasteiger charge is -2.32. The minimum Gasteiger partial charge on any atom is -0.463 e. The number of halogens is 1. The number of hydrogen-bond acceptors (Lipinski definition) is 8. The van der Waals surface area contributed by atoms with Gasteiger partial charge in [-0.1, -0.05) is 18.2 Å². The summed E-state index contributed by atoms with van der Waals surface area (Å²) in [5.74, 6) is 0.693. The van der Waals surface area contributed by atoms with E-state index >= 15 is 0 Å². The summed E-state index contributed by atoms with van der Waals surface area (Å²) in [6.45, 7) is 2.36. The zero-order valence-corrected chi connectivity index (χ0v) is 18.3. The molecule has 32 heavy (non-hydrogen) atoms. The van der Waals surface area contributed by atoms with Crippen molar-refractivity contribution in [2.24, 2.45) is 5.92 Å². The van der Waals surface area contributed by atoms with Crippen LogP contribution in [0.15, 0.2) is 48.9 Å². The number of hydrogen-bond donors (Lipinski definition) is 1. The molecule has 0 unspecified atom stereocenters. The number of anilines is 2. The number of thiophene rings is 1. The molecule has 4 aromatic rings. The van der Waals surface area contributed by atoms with Gasteiger partial charge in [-0.15, -0.1) is 11.3 Å². The summed E-state index contributed by atoms with van der Waals surface area (Å²) < 4.78 is 19.9. The van der Waals surface area contributed by atoms with Crippen molar-refractivity contribution < 1.29 is 9.13 Å². The summed E-state index contributed by atoms with van der Waals surface area (Å²) in [6, 6.07) is 12.8. The van der Waals surface area contributed by atoms with E-state index in [2.05, 4.69) is 61.2 Å². The van der Waals surface area contributed by atoms with E-state index < -0.39 is 5.82 Å². The molecule has 0 aliphatic carbocycles. The fourth-order valence-electron chi connectivity index (χ4n) is 3.96. The zero-order chi connectivity index (χ0) is 21.9. The van der Waals surface area contributed by atoms with E-state index in [4.69, 9.17) is 10.5 Å². The number of nitrogens with zero attached hydrogens (tertiary/aromatic N) is 5. The van der Waals surface area contributed by atoms with Crippen LogP contribution < -0.4 is 15.4 Å². The van der Waals surface area contributed by atoms with Gasteiger partial charge < -0.3 is 15.4 Å². The van der Waals surface area contributed by atoms with Crippen LogP contribution in [0.25, 0.3) is 20.7 Å². The van der Waals surface area contributed by atoms with Gasteiger partial charge >= 0.3 is 6.01 Å². The van der Waals surface area contributed by atoms with E-state index in [1.165, 1.54) is 10.1 Å². The predicted molar refractivity (Wildman–Crippen MR) is 124 cm³/mol. The van der Waals surface area contributed by atoms with E-state index in [1.54, 1.807) is 17.7 Å². The number of nitrogens with two attached hydrogens (primary N) is 1. The number of aromatic nitrogens is 4. The first-order valence-electron chi connectivity index (χ1n) is 10.6. The standard InChI is InChI=1S/C23H23FN6OS/c24-17-13-26-23(29-22(17)25)31-10-7-15-5-8-30(9-6-15)21-12-18(27-14-28-21)20-11-16-3-1-2-4-19(16)32-20/h1-4,11-15H,5-10H2,(H2,25,26,29). The molecule has 1 fully saturated rings. The van der Waals surface area contributed by atoms with Gasteiger partial charge in [-0.25, -0.2) is 19.3 Å². The summed E-state index contributed by atoms with van der Waals surface area (Å²) >= 11 is 1.75. The first-order chi connectivity index (χ1) is 15.7. The number of benzene rings is 1. The highest BCUT2D eigenvalue weighted by molar-refractivity contribution is 7.22. The van der Waals surface area contributed by atoms with Gasteiger partial charge in [0.15, 0.2) is 11.6 Å². The molecular formula is C23H23FN6OS. The summed E-state index contributed by atoms with van der Waals surface area (Å²) in [6.07, 6.45) is 5.69. The van der Waals surface area contributed by atoms with Gasteiger partial charge in [0, 0.05) is 23.9 Å². The van der Waals surface area contributed by atoms with E-state index in [-0.39, 0.29) is 11.8 Å². The third-order valence-corrected chi connectivity index (χ3v) is 6.91. The monoisotopic (exact) mass is 450 g/mol. The lowest BCUT2D eigenvalue weighted by molar-refractivity contribution is 0.242. The second-order valence-electron chi connectivity index (χ2n) is 7.86. The Morgan fingerprint density at radius 1 is 1.12 bits per heavy atom. The molecule has 2 N–H and O–H groups in total. The molecule has 9 heteroatoms. The Bertz CT molecular complexity index is 1190. The van der Waals surface area contributed by atoms with Crippen LogP contribution in [0.5, 0.6) is 6.01 Å². The van der Waals surface area contributed by atoms with Crippen molar-refractivity contribution in [1.29, 1.82) is 0 Å². The quantitative estimate of drug-likeness (QED) is 0.461. The average Bonchev–Trinajstić information content (AvgIpc) is 3.26. The van der Waals surface area contributed by atoms with Crippen molar-refractivity contribution in [3.8, 4) is 16.6 Å². The second-order valence-corrected chi connectivity index (χ2v) is 8.95. The molecule has 0 saturated carbocycles. The van der Waals surface area contributed by atoms with E-state index in [1.807, 2.05) is 0 Å². The molecule has 4 heterocycles. The van der Waals surface area contributed by atoms with Crippen molar-refractivity contribution in [3.05, 3.63) is 54.7 Å². The predicted octanol–water partition coefficient (Wildman–Crippen LogP) is 4.56. The van der Waals surface area contributed by atoms with Crippen LogP contribution in [0.1, 0.15) is 19.3 Å². The first-order valence-corrected chi connectivity index (χ1v) is 11.4. The lowest BCUT2D eigenvalue weighted by Crippen LogP contribution is -2.34. The topological polar surface area (TPSA) is 90.1 Å². The van der Waals surface area contributed by atoms with Crippen molar-refractivity contribution >= 4 is 33.1 Å². The van der Waals surface area contributed by atoms with E-state index in [0.29, 0.717) is 12.5 Å². The van der Waals surface area contributed by atoms with Gasteiger partial charge in [-0.05, 0) is 42.7 Å². The lowest BCUT2D eigenvalue weighted by atomic mass is 9.94. The highest BCUT2D eigenvalue weighted by Crippen LogP contribution is 2.33. The van der Waals surface area contributed by atoms with E-state index in [0.717, 1.165) is 54.9 Å². The third kappa shape index (κ3) is 4.47. The van der Waals surface area contributed by atoms with Crippen LogP contribution in [-0.4, -0.2) is 39.6 Å². The normalized spacial score (nSPS) is 14.7. The fourth-order valence-corrected chi connectivity index (χ4v) is 4.99. The second kappa shape index (κ2) is 9.04. The molecule has 0 amide bonds. The SMILES string of the molecule is Nc1nc(OCCC2CCN(c3cc(-c4cc5ccccc5s4)ncn3)CC2)ncc1F. The van der Waals surface area contributed by atoms with Crippen molar-refractivity contribution in [3.63, 3.8) is 0 Å². The minimum atomic E-state index is -0.634. The maximum atomic E-state index is 13.1. The Hall–Kier alpha value is -3.33. The highest BCUT2D eigenvalue weighted by atomic mass is 32.1. The molecule has 1 aliphatic heterocycles. The molecule has 1 aliphatic rings. The summed E-state index contributed by atoms with van der Waals surface area (Å²) in [5, 5.41) is 1.24. The molecule has 164 valence electrons. The molecule has 0 bridgehead atoms. The summed E-state index contributed by atoms with van der Waals surface area (Å²) in [5.41, 5.74) is 6.41. The fraction of sp³-hybridized carbons (Fsp3) is 0.304. The van der Waals surface area contributed by atoms with Crippen molar-refractivity contribution in [2.45, 2.75) is 19.3 Å². The van der Waals surface area contributed by atoms with Crippen LogP contribution in [0.2, 0.25) is 0 Å². The smallest absolute Gasteiger partial charge is 0.318 e. The molecule has 0 atom stereocenters. The Kier molecular flexibility index (Phi) is 5.81.